The molecule has 0 aliphatic heterocycles. The fourth-order valence-electron chi connectivity index (χ4n) is 1.83. The lowest BCUT2D eigenvalue weighted by atomic mass is 10.2. The first kappa shape index (κ1) is 15.6. The van der Waals surface area contributed by atoms with Crippen LogP contribution in [0.4, 0.5) is 10.5 Å². The van der Waals surface area contributed by atoms with Crippen molar-refractivity contribution in [3.8, 4) is 0 Å². The molecule has 0 aliphatic carbocycles. The van der Waals surface area contributed by atoms with E-state index in [1.54, 1.807) is 41.6 Å². The number of carbonyl (C=O) groups excluding carboxylic acids is 1. The second kappa shape index (κ2) is 7.86. The number of urea groups is 1. The lowest BCUT2D eigenvalue weighted by molar-refractivity contribution is 0.246. The molecule has 0 saturated heterocycles. The molecule has 1 aromatic heterocycles. The molecule has 0 radical (unpaired) electrons. The van der Waals surface area contributed by atoms with Crippen LogP contribution in [-0.4, -0.2) is 23.4 Å². The van der Waals surface area contributed by atoms with Crippen LogP contribution in [0.2, 0.25) is 5.02 Å². The van der Waals surface area contributed by atoms with Crippen molar-refractivity contribution in [1.29, 1.82) is 0 Å². The molecule has 2 aromatic rings. The highest BCUT2D eigenvalue weighted by Gasteiger charge is 2.15. The molecule has 0 saturated carbocycles. The van der Waals surface area contributed by atoms with Crippen molar-refractivity contribution in [1.82, 2.24) is 10.3 Å². The number of hydrogen-bond acceptors (Lipinski definition) is 2. The van der Waals surface area contributed by atoms with Crippen LogP contribution in [0.5, 0.6) is 0 Å². The van der Waals surface area contributed by atoms with Gasteiger partial charge in [0.25, 0.3) is 0 Å². The number of benzene rings is 1. The van der Waals surface area contributed by atoms with E-state index in [4.69, 9.17) is 23.2 Å². The molecule has 0 fully saturated rings. The average molecular weight is 324 g/mol. The standard InChI is InChI=1S/C15H15Cl2N3O/c16-7-9-19-15(21)20(11-12-2-1-8-18-10-12)14-5-3-13(17)4-6-14/h1-6,8,10H,7,9,11H2,(H,19,21). The molecule has 0 atom stereocenters. The van der Waals surface area contributed by atoms with Crippen molar-refractivity contribution in [2.75, 3.05) is 17.3 Å². The summed E-state index contributed by atoms with van der Waals surface area (Å²) in [6.07, 6.45) is 3.43. The highest BCUT2D eigenvalue weighted by atomic mass is 35.5. The summed E-state index contributed by atoms with van der Waals surface area (Å²) in [5.41, 5.74) is 1.70. The molecular formula is C15H15Cl2N3O. The normalized spacial score (nSPS) is 10.2. The molecule has 0 spiro atoms. The van der Waals surface area contributed by atoms with Crippen LogP contribution in [0.1, 0.15) is 5.56 Å². The molecular weight excluding hydrogens is 309 g/mol. The second-order valence-electron chi connectivity index (χ2n) is 4.34. The highest BCUT2D eigenvalue weighted by molar-refractivity contribution is 6.30. The van der Waals surface area contributed by atoms with Gasteiger partial charge in [-0.05, 0) is 35.9 Å². The van der Waals surface area contributed by atoms with Crippen molar-refractivity contribution >= 4 is 34.9 Å². The van der Waals surface area contributed by atoms with E-state index >= 15 is 0 Å². The zero-order chi connectivity index (χ0) is 15.1. The minimum atomic E-state index is -0.207. The van der Waals surface area contributed by atoms with E-state index in [1.807, 2.05) is 12.1 Å². The van der Waals surface area contributed by atoms with Crippen molar-refractivity contribution in [3.63, 3.8) is 0 Å². The number of alkyl halides is 1. The summed E-state index contributed by atoms with van der Waals surface area (Å²) < 4.78 is 0. The van der Waals surface area contributed by atoms with E-state index in [1.165, 1.54) is 0 Å². The first-order chi connectivity index (χ1) is 10.2. The number of nitrogens with zero attached hydrogens (tertiary/aromatic N) is 2. The first-order valence-electron chi connectivity index (χ1n) is 6.46. The van der Waals surface area contributed by atoms with Gasteiger partial charge in [0.05, 0.1) is 6.54 Å². The minimum absolute atomic E-state index is 0.207. The molecule has 2 rings (SSSR count). The van der Waals surface area contributed by atoms with E-state index in [9.17, 15) is 4.79 Å². The SMILES string of the molecule is O=C(NCCCl)N(Cc1cccnc1)c1ccc(Cl)cc1. The third-order valence-electron chi connectivity index (χ3n) is 2.82. The van der Waals surface area contributed by atoms with Gasteiger partial charge in [0.2, 0.25) is 0 Å². The molecule has 1 aromatic carbocycles. The zero-order valence-corrected chi connectivity index (χ0v) is 12.8. The lowest BCUT2D eigenvalue weighted by Gasteiger charge is -2.23. The van der Waals surface area contributed by atoms with Crippen LogP contribution in [0.15, 0.2) is 48.8 Å². The largest absolute Gasteiger partial charge is 0.336 e. The number of halogens is 2. The van der Waals surface area contributed by atoms with Crippen molar-refractivity contribution < 1.29 is 4.79 Å². The van der Waals surface area contributed by atoms with Gasteiger partial charge in [0, 0.05) is 35.5 Å². The number of aromatic nitrogens is 1. The maximum Gasteiger partial charge on any atom is 0.322 e. The Labute approximate surface area is 133 Å². The molecule has 21 heavy (non-hydrogen) atoms. The minimum Gasteiger partial charge on any atom is -0.336 e. The Morgan fingerprint density at radius 3 is 2.62 bits per heavy atom. The highest BCUT2D eigenvalue weighted by Crippen LogP contribution is 2.20. The number of rotatable bonds is 5. The van der Waals surface area contributed by atoms with E-state index < -0.39 is 0 Å². The van der Waals surface area contributed by atoms with E-state index in [-0.39, 0.29) is 6.03 Å². The maximum absolute atomic E-state index is 12.3. The van der Waals surface area contributed by atoms with Crippen molar-refractivity contribution in [3.05, 3.63) is 59.4 Å². The number of amides is 2. The van der Waals surface area contributed by atoms with Gasteiger partial charge in [-0.15, -0.1) is 11.6 Å². The number of carbonyl (C=O) groups is 1. The van der Waals surface area contributed by atoms with E-state index in [0.29, 0.717) is 24.0 Å². The van der Waals surface area contributed by atoms with Gasteiger partial charge in [-0.2, -0.15) is 0 Å². The predicted molar refractivity (Wildman–Crippen MR) is 86.0 cm³/mol. The smallest absolute Gasteiger partial charge is 0.322 e. The fourth-order valence-corrected chi connectivity index (χ4v) is 2.05. The second-order valence-corrected chi connectivity index (χ2v) is 5.16. The summed E-state index contributed by atoms with van der Waals surface area (Å²) in [6, 6.07) is 10.7. The monoisotopic (exact) mass is 323 g/mol. The molecule has 110 valence electrons. The maximum atomic E-state index is 12.3. The van der Waals surface area contributed by atoms with Crippen molar-refractivity contribution in [2.45, 2.75) is 6.54 Å². The Morgan fingerprint density at radius 2 is 2.00 bits per heavy atom. The fraction of sp³-hybridized carbons (Fsp3) is 0.200. The summed E-state index contributed by atoms with van der Waals surface area (Å²) >= 11 is 11.5. The van der Waals surface area contributed by atoms with Crippen LogP contribution in [0, 0.1) is 0 Å². The van der Waals surface area contributed by atoms with Gasteiger partial charge >= 0.3 is 6.03 Å². The molecule has 0 aliphatic rings. The quantitative estimate of drug-likeness (QED) is 0.853. The van der Waals surface area contributed by atoms with Gasteiger partial charge in [-0.3, -0.25) is 9.88 Å². The zero-order valence-electron chi connectivity index (χ0n) is 11.3. The number of nitrogens with one attached hydrogen (secondary N) is 1. The Morgan fingerprint density at radius 1 is 1.24 bits per heavy atom. The molecule has 1 N–H and O–H groups in total. The molecule has 6 heteroatoms. The van der Waals surface area contributed by atoms with Crippen LogP contribution in [0.3, 0.4) is 0 Å². The Bertz CT molecular complexity index is 575. The summed E-state index contributed by atoms with van der Waals surface area (Å²) in [7, 11) is 0. The van der Waals surface area contributed by atoms with Gasteiger partial charge in [-0.1, -0.05) is 17.7 Å². The lowest BCUT2D eigenvalue weighted by Crippen LogP contribution is -2.40. The Hall–Kier alpha value is -1.78. The summed E-state index contributed by atoms with van der Waals surface area (Å²) in [6.45, 7) is 0.834. The van der Waals surface area contributed by atoms with E-state index in [0.717, 1.165) is 11.3 Å². The van der Waals surface area contributed by atoms with Crippen LogP contribution in [-0.2, 0) is 6.54 Å². The van der Waals surface area contributed by atoms with Crippen LogP contribution >= 0.6 is 23.2 Å². The first-order valence-corrected chi connectivity index (χ1v) is 7.38. The number of pyridine rings is 1. The third-order valence-corrected chi connectivity index (χ3v) is 3.26. The van der Waals surface area contributed by atoms with Crippen LogP contribution < -0.4 is 10.2 Å². The van der Waals surface area contributed by atoms with Gasteiger partial charge < -0.3 is 5.32 Å². The summed E-state index contributed by atoms with van der Waals surface area (Å²) in [5, 5.41) is 3.39. The Balaban J connectivity index is 2.21. The van der Waals surface area contributed by atoms with Gasteiger partial charge in [0.15, 0.2) is 0 Å². The molecule has 0 unspecified atom stereocenters. The average Bonchev–Trinajstić information content (AvgIpc) is 2.52. The molecule has 0 bridgehead atoms. The molecule has 2 amide bonds. The summed E-state index contributed by atoms with van der Waals surface area (Å²) in [4.78, 5) is 18.0. The van der Waals surface area contributed by atoms with Gasteiger partial charge in [0.1, 0.15) is 0 Å². The molecule has 4 nitrogen and oxygen atoms in total. The predicted octanol–water partition coefficient (Wildman–Crippen LogP) is 3.69. The van der Waals surface area contributed by atoms with Gasteiger partial charge in [-0.25, -0.2) is 4.79 Å². The van der Waals surface area contributed by atoms with E-state index in [2.05, 4.69) is 10.3 Å². The number of anilines is 1. The van der Waals surface area contributed by atoms with Crippen molar-refractivity contribution in [2.24, 2.45) is 0 Å². The third kappa shape index (κ3) is 4.62. The topological polar surface area (TPSA) is 45.2 Å². The van der Waals surface area contributed by atoms with Crippen LogP contribution in [0.25, 0.3) is 0 Å². The number of hydrogen-bond donors (Lipinski definition) is 1. The Kier molecular flexibility index (Phi) is 5.84. The molecule has 1 heterocycles. The summed E-state index contributed by atoms with van der Waals surface area (Å²) in [5.74, 6) is 0.368.